The van der Waals surface area contributed by atoms with Gasteiger partial charge in [0.15, 0.2) is 0 Å². The fraction of sp³-hybridized carbons (Fsp3) is 0.474. The van der Waals surface area contributed by atoms with Gasteiger partial charge in [-0.25, -0.2) is 0 Å². The second-order valence-electron chi connectivity index (χ2n) is 6.93. The average Bonchev–Trinajstić information content (AvgIpc) is 2.94. The summed E-state index contributed by atoms with van der Waals surface area (Å²) >= 11 is 0. The third-order valence-electron chi connectivity index (χ3n) is 5.84. The summed E-state index contributed by atoms with van der Waals surface area (Å²) in [5.41, 5.74) is 2.43. The Morgan fingerprint density at radius 1 is 1.35 bits per heavy atom. The number of fused-ring (bicyclic) bond motifs is 5. The topological polar surface area (TPSA) is 79.3 Å². The SMILES string of the molecule is COC(=O)[C@@H]1C[C@H]2C(=O)N3C(=Cc4cccc(OC)c4[C@H]3CO)[C@@H]1N2C. The van der Waals surface area contributed by atoms with Crippen molar-refractivity contribution in [3.8, 4) is 5.75 Å². The molecule has 138 valence electrons. The summed E-state index contributed by atoms with van der Waals surface area (Å²) in [7, 11) is 4.81. The number of aliphatic hydroxyl groups is 1. The third kappa shape index (κ3) is 2.13. The minimum absolute atomic E-state index is 0.1000. The lowest BCUT2D eigenvalue weighted by Crippen LogP contribution is -2.57. The van der Waals surface area contributed by atoms with Gasteiger partial charge in [-0.3, -0.25) is 14.5 Å². The Hall–Kier alpha value is -2.38. The summed E-state index contributed by atoms with van der Waals surface area (Å²) in [5, 5.41) is 10.1. The smallest absolute Gasteiger partial charge is 0.310 e. The molecule has 4 rings (SSSR count). The number of rotatable bonds is 3. The first kappa shape index (κ1) is 17.1. The summed E-state index contributed by atoms with van der Waals surface area (Å²) in [6, 6.07) is 4.47. The van der Waals surface area contributed by atoms with Gasteiger partial charge in [-0.1, -0.05) is 12.1 Å². The molecule has 3 aliphatic rings. The van der Waals surface area contributed by atoms with E-state index in [1.165, 1.54) is 7.11 Å². The van der Waals surface area contributed by atoms with Gasteiger partial charge in [0.1, 0.15) is 5.75 Å². The van der Waals surface area contributed by atoms with Crippen LogP contribution in [0.4, 0.5) is 0 Å². The average molecular weight is 358 g/mol. The number of esters is 1. The number of amides is 1. The van der Waals surface area contributed by atoms with Crippen LogP contribution in [-0.4, -0.2) is 66.7 Å². The van der Waals surface area contributed by atoms with Crippen molar-refractivity contribution in [2.45, 2.75) is 24.5 Å². The number of aliphatic hydroxyl groups excluding tert-OH is 1. The van der Waals surface area contributed by atoms with Crippen LogP contribution in [-0.2, 0) is 14.3 Å². The zero-order valence-electron chi connectivity index (χ0n) is 15.0. The largest absolute Gasteiger partial charge is 0.496 e. The number of benzene rings is 1. The minimum Gasteiger partial charge on any atom is -0.496 e. The molecular weight excluding hydrogens is 336 g/mol. The standard InChI is InChI=1S/C19H22N2O5/c1-20-13-8-11(19(24)26-3)17(20)12-7-10-5-4-6-15(25-2)16(10)14(9-22)21(12)18(13)23/h4-7,11,13-14,17,22H,8-9H2,1-3H3/t11-,13+,14-,17-/m1/s1. The normalized spacial score (nSPS) is 29.8. The van der Waals surface area contributed by atoms with Crippen LogP contribution in [0.1, 0.15) is 23.6 Å². The Balaban J connectivity index is 1.90. The Morgan fingerprint density at radius 2 is 2.12 bits per heavy atom. The Morgan fingerprint density at radius 3 is 2.77 bits per heavy atom. The molecule has 0 radical (unpaired) electrons. The van der Waals surface area contributed by atoms with Crippen LogP contribution in [0.25, 0.3) is 6.08 Å². The number of hydrogen-bond donors (Lipinski definition) is 1. The minimum atomic E-state index is -0.524. The van der Waals surface area contributed by atoms with Crippen molar-refractivity contribution in [2.75, 3.05) is 27.9 Å². The van der Waals surface area contributed by atoms with Gasteiger partial charge in [0.25, 0.3) is 0 Å². The number of likely N-dealkylation sites (N-methyl/N-ethyl adjacent to an activating group) is 1. The first-order valence-corrected chi connectivity index (χ1v) is 8.65. The Labute approximate surface area is 151 Å². The van der Waals surface area contributed by atoms with Gasteiger partial charge in [0, 0.05) is 11.3 Å². The molecule has 3 aliphatic heterocycles. The highest BCUT2D eigenvalue weighted by Gasteiger charge is 2.57. The molecule has 1 amide bonds. The highest BCUT2D eigenvalue weighted by Crippen LogP contribution is 2.48. The van der Waals surface area contributed by atoms with Gasteiger partial charge >= 0.3 is 5.97 Å². The van der Waals surface area contributed by atoms with Crippen LogP contribution in [0.3, 0.4) is 0 Å². The van der Waals surface area contributed by atoms with E-state index in [1.54, 1.807) is 12.0 Å². The van der Waals surface area contributed by atoms with Crippen LogP contribution in [0.2, 0.25) is 0 Å². The second kappa shape index (κ2) is 6.10. The van der Waals surface area contributed by atoms with E-state index in [2.05, 4.69) is 0 Å². The summed E-state index contributed by atoms with van der Waals surface area (Å²) in [5.74, 6) is -0.170. The van der Waals surface area contributed by atoms with Crippen LogP contribution in [0.15, 0.2) is 23.9 Å². The molecule has 0 aromatic heterocycles. The van der Waals surface area contributed by atoms with Crippen molar-refractivity contribution in [1.29, 1.82) is 0 Å². The maximum atomic E-state index is 13.2. The van der Waals surface area contributed by atoms with Crippen LogP contribution in [0.5, 0.6) is 5.75 Å². The van der Waals surface area contributed by atoms with Gasteiger partial charge in [0.05, 0.1) is 44.9 Å². The maximum absolute atomic E-state index is 13.2. The Bertz CT molecular complexity index is 805. The lowest BCUT2D eigenvalue weighted by molar-refractivity contribution is -0.147. The molecule has 7 nitrogen and oxygen atoms in total. The number of methoxy groups -OCH3 is 2. The van der Waals surface area contributed by atoms with Crippen LogP contribution < -0.4 is 4.74 Å². The van der Waals surface area contributed by atoms with Gasteiger partial charge in [-0.2, -0.15) is 0 Å². The lowest BCUT2D eigenvalue weighted by Gasteiger charge is -2.46. The molecule has 4 atom stereocenters. The van der Waals surface area contributed by atoms with E-state index in [9.17, 15) is 14.7 Å². The van der Waals surface area contributed by atoms with Crippen molar-refractivity contribution < 1.29 is 24.2 Å². The van der Waals surface area contributed by atoms with Crippen molar-refractivity contribution in [1.82, 2.24) is 9.80 Å². The summed E-state index contributed by atoms with van der Waals surface area (Å²) in [6.07, 6.45) is 2.35. The molecule has 0 unspecified atom stereocenters. The fourth-order valence-electron chi connectivity index (χ4n) is 4.68. The van der Waals surface area contributed by atoms with E-state index < -0.39 is 18.0 Å². The monoisotopic (exact) mass is 358 g/mol. The molecule has 1 aromatic rings. The number of piperazine rings is 1. The molecule has 0 saturated carbocycles. The fourth-order valence-corrected chi connectivity index (χ4v) is 4.68. The molecular formula is C19H22N2O5. The lowest BCUT2D eigenvalue weighted by atomic mass is 9.88. The van der Waals surface area contributed by atoms with Crippen molar-refractivity contribution >= 4 is 18.0 Å². The summed E-state index contributed by atoms with van der Waals surface area (Å²) in [4.78, 5) is 29.1. The molecule has 2 fully saturated rings. The van der Waals surface area contributed by atoms with Crippen molar-refractivity contribution in [3.63, 3.8) is 0 Å². The number of carbonyl (C=O) groups excluding carboxylic acids is 2. The zero-order valence-corrected chi connectivity index (χ0v) is 15.0. The maximum Gasteiger partial charge on any atom is 0.310 e. The van der Waals surface area contributed by atoms with E-state index in [4.69, 9.17) is 9.47 Å². The predicted molar refractivity (Wildman–Crippen MR) is 93.1 cm³/mol. The first-order valence-electron chi connectivity index (χ1n) is 8.65. The van der Waals surface area contributed by atoms with Gasteiger partial charge < -0.3 is 19.5 Å². The quantitative estimate of drug-likeness (QED) is 0.805. The molecule has 0 aliphatic carbocycles. The van der Waals surface area contributed by atoms with E-state index in [0.717, 1.165) is 16.8 Å². The van der Waals surface area contributed by atoms with Gasteiger partial charge in [-0.05, 0) is 31.2 Å². The summed E-state index contributed by atoms with van der Waals surface area (Å²) < 4.78 is 10.4. The van der Waals surface area contributed by atoms with Crippen molar-refractivity contribution in [2.24, 2.45) is 5.92 Å². The van der Waals surface area contributed by atoms with E-state index in [-0.39, 0.29) is 24.5 Å². The van der Waals surface area contributed by atoms with Crippen LogP contribution in [0, 0.1) is 5.92 Å². The van der Waals surface area contributed by atoms with Gasteiger partial charge in [-0.15, -0.1) is 0 Å². The van der Waals surface area contributed by atoms with E-state index in [1.807, 2.05) is 36.2 Å². The molecule has 0 spiro atoms. The summed E-state index contributed by atoms with van der Waals surface area (Å²) in [6.45, 7) is -0.220. The first-order chi connectivity index (χ1) is 12.5. The van der Waals surface area contributed by atoms with E-state index >= 15 is 0 Å². The third-order valence-corrected chi connectivity index (χ3v) is 5.84. The highest BCUT2D eigenvalue weighted by atomic mass is 16.5. The number of ether oxygens (including phenoxy) is 2. The molecule has 2 bridgehead atoms. The molecule has 7 heteroatoms. The Kier molecular flexibility index (Phi) is 4.00. The van der Waals surface area contributed by atoms with Crippen molar-refractivity contribution in [3.05, 3.63) is 35.0 Å². The zero-order chi connectivity index (χ0) is 18.6. The number of carbonyl (C=O) groups is 2. The molecule has 1 aromatic carbocycles. The van der Waals surface area contributed by atoms with E-state index in [0.29, 0.717) is 12.2 Å². The number of nitrogens with zero attached hydrogens (tertiary/aromatic N) is 2. The van der Waals surface area contributed by atoms with Gasteiger partial charge in [0.2, 0.25) is 5.91 Å². The second-order valence-corrected chi connectivity index (χ2v) is 6.93. The molecule has 26 heavy (non-hydrogen) atoms. The van der Waals surface area contributed by atoms with Crippen LogP contribution >= 0.6 is 0 Å². The molecule has 1 N–H and O–H groups in total. The molecule has 2 saturated heterocycles. The number of hydrogen-bond acceptors (Lipinski definition) is 6. The highest BCUT2D eigenvalue weighted by molar-refractivity contribution is 5.91. The predicted octanol–water partition coefficient (Wildman–Crippen LogP) is 0.787. The molecule has 3 heterocycles.